The van der Waals surface area contributed by atoms with Crippen LogP contribution in [-0.2, 0) is 16.6 Å². The zero-order valence-corrected chi connectivity index (χ0v) is 14.2. The Bertz CT molecular complexity index is 736. The van der Waals surface area contributed by atoms with Crippen molar-refractivity contribution in [3.63, 3.8) is 0 Å². The minimum absolute atomic E-state index is 0.132. The Labute approximate surface area is 131 Å². The van der Waals surface area contributed by atoms with E-state index in [1.54, 1.807) is 19.9 Å². The van der Waals surface area contributed by atoms with Crippen LogP contribution < -0.4 is 9.46 Å². The van der Waals surface area contributed by atoms with Crippen molar-refractivity contribution in [2.75, 3.05) is 7.11 Å². The number of nitrogens with one attached hydrogen (secondary N) is 1. The molecule has 1 N–H and O–H groups in total. The van der Waals surface area contributed by atoms with Crippen LogP contribution in [0.15, 0.2) is 32.1 Å². The van der Waals surface area contributed by atoms with Crippen LogP contribution in [-0.4, -0.2) is 20.7 Å². The second-order valence-electron chi connectivity index (χ2n) is 4.42. The second kappa shape index (κ2) is 6.17. The Hall–Kier alpha value is -1.38. The number of hydrogen-bond donors (Lipinski definition) is 1. The fourth-order valence-electron chi connectivity index (χ4n) is 1.82. The van der Waals surface area contributed by atoms with Gasteiger partial charge in [-0.1, -0.05) is 5.16 Å². The molecular formula is C13H15BrN2O4S. The van der Waals surface area contributed by atoms with Crippen LogP contribution in [0.1, 0.15) is 17.0 Å². The van der Waals surface area contributed by atoms with E-state index in [1.807, 2.05) is 0 Å². The highest BCUT2D eigenvalue weighted by molar-refractivity contribution is 9.10. The first-order valence-electron chi connectivity index (χ1n) is 6.10. The molecule has 0 bridgehead atoms. The minimum Gasteiger partial charge on any atom is -0.496 e. The fraction of sp³-hybridized carbons (Fsp3) is 0.308. The summed E-state index contributed by atoms with van der Waals surface area (Å²) in [4.78, 5) is 0.155. The molecule has 0 amide bonds. The Kier molecular flexibility index (Phi) is 4.70. The Balaban J connectivity index is 2.21. The topological polar surface area (TPSA) is 81.4 Å². The van der Waals surface area contributed by atoms with Gasteiger partial charge < -0.3 is 9.26 Å². The molecule has 114 valence electrons. The highest BCUT2D eigenvalue weighted by atomic mass is 79.9. The summed E-state index contributed by atoms with van der Waals surface area (Å²) < 4.78 is 37.8. The minimum atomic E-state index is -3.62. The number of sulfonamides is 1. The molecule has 21 heavy (non-hydrogen) atoms. The molecule has 0 spiro atoms. The van der Waals surface area contributed by atoms with Crippen molar-refractivity contribution in [1.29, 1.82) is 0 Å². The average Bonchev–Trinajstić information content (AvgIpc) is 2.76. The van der Waals surface area contributed by atoms with Gasteiger partial charge in [-0.2, -0.15) is 0 Å². The maximum absolute atomic E-state index is 12.3. The molecular weight excluding hydrogens is 360 g/mol. The van der Waals surface area contributed by atoms with Crippen molar-refractivity contribution in [3.8, 4) is 5.75 Å². The Morgan fingerprint density at radius 2 is 2.10 bits per heavy atom. The maximum atomic E-state index is 12.3. The highest BCUT2D eigenvalue weighted by Crippen LogP contribution is 2.27. The fourth-order valence-corrected chi connectivity index (χ4v) is 3.53. The van der Waals surface area contributed by atoms with Crippen LogP contribution in [0.5, 0.6) is 5.75 Å². The lowest BCUT2D eigenvalue weighted by molar-refractivity contribution is 0.392. The van der Waals surface area contributed by atoms with E-state index in [0.29, 0.717) is 21.7 Å². The van der Waals surface area contributed by atoms with Gasteiger partial charge in [0.1, 0.15) is 11.5 Å². The predicted molar refractivity (Wildman–Crippen MR) is 80.7 cm³/mol. The van der Waals surface area contributed by atoms with Crippen LogP contribution in [0.3, 0.4) is 0 Å². The first-order chi connectivity index (χ1) is 9.85. The first-order valence-corrected chi connectivity index (χ1v) is 8.37. The van der Waals surface area contributed by atoms with E-state index in [1.165, 1.54) is 19.2 Å². The molecule has 0 atom stereocenters. The molecule has 1 heterocycles. The van der Waals surface area contributed by atoms with Crippen LogP contribution in [0.2, 0.25) is 0 Å². The van der Waals surface area contributed by atoms with Gasteiger partial charge in [0.25, 0.3) is 0 Å². The molecule has 0 aliphatic carbocycles. The van der Waals surface area contributed by atoms with Crippen molar-refractivity contribution >= 4 is 26.0 Å². The van der Waals surface area contributed by atoms with Gasteiger partial charge in [0.05, 0.1) is 22.2 Å². The highest BCUT2D eigenvalue weighted by Gasteiger charge is 2.18. The molecule has 8 heteroatoms. The molecule has 1 aromatic heterocycles. The summed E-state index contributed by atoms with van der Waals surface area (Å²) in [6, 6.07) is 4.57. The number of methoxy groups -OCH3 is 1. The number of hydrogen-bond acceptors (Lipinski definition) is 5. The van der Waals surface area contributed by atoms with E-state index in [4.69, 9.17) is 9.26 Å². The molecule has 0 fully saturated rings. The molecule has 2 aromatic rings. The van der Waals surface area contributed by atoms with Gasteiger partial charge in [0.15, 0.2) is 0 Å². The predicted octanol–water partition coefficient (Wildman–Crippen LogP) is 2.54. The monoisotopic (exact) mass is 374 g/mol. The SMILES string of the molecule is COc1ccc(S(=O)(=O)NCc2c(C)noc2C)cc1Br. The lowest BCUT2D eigenvalue weighted by Gasteiger charge is -2.09. The third kappa shape index (κ3) is 3.45. The van der Waals surface area contributed by atoms with Gasteiger partial charge >= 0.3 is 0 Å². The zero-order valence-electron chi connectivity index (χ0n) is 11.8. The number of rotatable bonds is 5. The molecule has 0 saturated carbocycles. The van der Waals surface area contributed by atoms with Crippen LogP contribution in [0.25, 0.3) is 0 Å². The summed E-state index contributed by atoms with van der Waals surface area (Å²) in [5.41, 5.74) is 1.41. The molecule has 0 aliphatic rings. The van der Waals surface area contributed by atoms with Gasteiger partial charge in [-0.3, -0.25) is 0 Å². The van der Waals surface area contributed by atoms with E-state index >= 15 is 0 Å². The summed E-state index contributed by atoms with van der Waals surface area (Å²) in [6.45, 7) is 3.64. The number of benzene rings is 1. The van der Waals surface area contributed by atoms with Crippen molar-refractivity contribution < 1.29 is 17.7 Å². The first kappa shape index (κ1) is 16.0. The third-order valence-corrected chi connectivity index (χ3v) is 5.07. The molecule has 0 saturated heterocycles. The lowest BCUT2D eigenvalue weighted by Crippen LogP contribution is -2.23. The largest absolute Gasteiger partial charge is 0.496 e. The second-order valence-corrected chi connectivity index (χ2v) is 7.04. The van der Waals surface area contributed by atoms with E-state index in [9.17, 15) is 8.42 Å². The summed E-state index contributed by atoms with van der Waals surface area (Å²) in [6.07, 6.45) is 0. The Morgan fingerprint density at radius 3 is 2.62 bits per heavy atom. The summed E-state index contributed by atoms with van der Waals surface area (Å²) >= 11 is 3.27. The third-order valence-electron chi connectivity index (χ3n) is 3.05. The van der Waals surface area contributed by atoms with Gasteiger partial charge in [-0.25, -0.2) is 13.1 Å². The quantitative estimate of drug-likeness (QED) is 0.869. The molecule has 6 nitrogen and oxygen atoms in total. The molecule has 0 aliphatic heterocycles. The molecule has 2 rings (SSSR count). The van der Waals surface area contributed by atoms with Gasteiger partial charge in [-0.05, 0) is 48.0 Å². The summed E-state index contributed by atoms with van der Waals surface area (Å²) in [5.74, 6) is 1.17. The van der Waals surface area contributed by atoms with Crippen molar-refractivity contribution in [2.24, 2.45) is 0 Å². The summed E-state index contributed by atoms with van der Waals surface area (Å²) in [7, 11) is -2.10. The number of nitrogens with zero attached hydrogens (tertiary/aromatic N) is 1. The van der Waals surface area contributed by atoms with Crippen LogP contribution in [0.4, 0.5) is 0 Å². The number of aromatic nitrogens is 1. The zero-order chi connectivity index (χ0) is 15.6. The smallest absolute Gasteiger partial charge is 0.240 e. The Morgan fingerprint density at radius 1 is 1.38 bits per heavy atom. The van der Waals surface area contributed by atoms with Crippen molar-refractivity contribution in [3.05, 3.63) is 39.7 Å². The van der Waals surface area contributed by atoms with Crippen molar-refractivity contribution in [2.45, 2.75) is 25.3 Å². The van der Waals surface area contributed by atoms with Gasteiger partial charge in [-0.15, -0.1) is 0 Å². The normalized spacial score (nSPS) is 11.6. The molecule has 0 unspecified atom stereocenters. The lowest BCUT2D eigenvalue weighted by atomic mass is 10.2. The maximum Gasteiger partial charge on any atom is 0.240 e. The number of ether oxygens (including phenoxy) is 1. The van der Waals surface area contributed by atoms with E-state index < -0.39 is 10.0 Å². The average molecular weight is 375 g/mol. The van der Waals surface area contributed by atoms with Crippen LogP contribution in [0, 0.1) is 13.8 Å². The molecule has 1 aromatic carbocycles. The van der Waals surface area contributed by atoms with E-state index in [2.05, 4.69) is 25.8 Å². The number of halogens is 1. The van der Waals surface area contributed by atoms with Crippen molar-refractivity contribution in [1.82, 2.24) is 9.88 Å². The van der Waals surface area contributed by atoms with Gasteiger partial charge in [0, 0.05) is 12.1 Å². The van der Waals surface area contributed by atoms with Crippen LogP contribution >= 0.6 is 15.9 Å². The standard InChI is InChI=1S/C13H15BrN2O4S/c1-8-11(9(2)20-16-8)7-15-21(17,18)10-4-5-13(19-3)12(14)6-10/h4-6,15H,7H2,1-3H3. The number of aryl methyl sites for hydroxylation is 2. The van der Waals surface area contributed by atoms with E-state index in [-0.39, 0.29) is 11.4 Å². The molecule has 0 radical (unpaired) electrons. The van der Waals surface area contributed by atoms with Gasteiger partial charge in [0.2, 0.25) is 10.0 Å². The summed E-state index contributed by atoms with van der Waals surface area (Å²) in [5, 5.41) is 3.79. The van der Waals surface area contributed by atoms with E-state index in [0.717, 1.165) is 5.56 Å².